The van der Waals surface area contributed by atoms with Gasteiger partial charge in [-0.2, -0.15) is 0 Å². The highest BCUT2D eigenvalue weighted by Crippen LogP contribution is 2.18. The maximum Gasteiger partial charge on any atom is 0.0809 e. The van der Waals surface area contributed by atoms with Crippen LogP contribution in [0.3, 0.4) is 0 Å². The Morgan fingerprint density at radius 1 is 1.10 bits per heavy atom. The van der Waals surface area contributed by atoms with E-state index in [0.717, 1.165) is 38.6 Å². The Labute approximate surface area is 121 Å². The zero-order valence-electron chi connectivity index (χ0n) is 12.1. The Morgan fingerprint density at radius 2 is 1.90 bits per heavy atom. The van der Waals surface area contributed by atoms with E-state index in [0.29, 0.717) is 12.7 Å². The summed E-state index contributed by atoms with van der Waals surface area (Å²) in [5, 5.41) is 3.55. The molecule has 3 heteroatoms. The summed E-state index contributed by atoms with van der Waals surface area (Å²) < 4.78 is 11.3. The van der Waals surface area contributed by atoms with Gasteiger partial charge in [0.25, 0.3) is 0 Å². The van der Waals surface area contributed by atoms with Gasteiger partial charge in [-0.1, -0.05) is 24.3 Å². The first kappa shape index (κ1) is 14.1. The van der Waals surface area contributed by atoms with Gasteiger partial charge < -0.3 is 14.8 Å². The largest absolute Gasteiger partial charge is 0.376 e. The second-order valence-electron chi connectivity index (χ2n) is 5.95. The van der Waals surface area contributed by atoms with E-state index in [1.165, 1.54) is 30.4 Å². The summed E-state index contributed by atoms with van der Waals surface area (Å²) in [6.45, 7) is 3.42. The van der Waals surface area contributed by atoms with E-state index in [-0.39, 0.29) is 0 Å². The molecule has 1 aromatic carbocycles. The van der Waals surface area contributed by atoms with Gasteiger partial charge in [0, 0.05) is 12.6 Å². The maximum absolute atomic E-state index is 5.73. The van der Waals surface area contributed by atoms with Gasteiger partial charge in [-0.15, -0.1) is 0 Å². The van der Waals surface area contributed by atoms with Gasteiger partial charge in [0.05, 0.1) is 19.3 Å². The lowest BCUT2D eigenvalue weighted by Crippen LogP contribution is -2.19. The Balaban J connectivity index is 1.34. The van der Waals surface area contributed by atoms with Crippen molar-refractivity contribution in [3.63, 3.8) is 0 Å². The van der Waals surface area contributed by atoms with Crippen LogP contribution in [0.4, 0.5) is 0 Å². The molecule has 2 fully saturated rings. The van der Waals surface area contributed by atoms with E-state index in [1.54, 1.807) is 0 Å². The predicted octanol–water partition coefficient (Wildman–Crippen LogP) is 2.68. The smallest absolute Gasteiger partial charge is 0.0809 e. The number of benzene rings is 1. The number of nitrogens with one attached hydrogen (secondary N) is 1. The summed E-state index contributed by atoms with van der Waals surface area (Å²) in [7, 11) is 0. The third-order valence-electron chi connectivity index (χ3n) is 4.04. The molecule has 1 aliphatic carbocycles. The second kappa shape index (κ2) is 7.21. The first-order chi connectivity index (χ1) is 9.90. The Morgan fingerprint density at radius 3 is 2.60 bits per heavy atom. The lowest BCUT2D eigenvalue weighted by Gasteiger charge is -2.10. The van der Waals surface area contributed by atoms with E-state index in [1.807, 2.05) is 0 Å². The second-order valence-corrected chi connectivity index (χ2v) is 5.95. The molecule has 0 bridgehead atoms. The molecule has 1 atom stereocenters. The zero-order valence-corrected chi connectivity index (χ0v) is 12.1. The molecule has 1 aliphatic heterocycles. The Bertz CT molecular complexity index is 394. The van der Waals surface area contributed by atoms with Crippen molar-refractivity contribution in [1.29, 1.82) is 0 Å². The Hall–Kier alpha value is -0.900. The molecular formula is C17H25NO2. The average molecular weight is 275 g/mol. The fourth-order valence-electron chi connectivity index (χ4n) is 2.59. The summed E-state index contributed by atoms with van der Waals surface area (Å²) in [5.74, 6) is 0. The number of hydrogen-bond donors (Lipinski definition) is 1. The summed E-state index contributed by atoms with van der Waals surface area (Å²) in [5.41, 5.74) is 2.66. The summed E-state index contributed by atoms with van der Waals surface area (Å²) in [4.78, 5) is 0. The third-order valence-corrected chi connectivity index (χ3v) is 4.04. The number of rotatable bonds is 8. The average Bonchev–Trinajstić information content (AvgIpc) is 3.15. The fourth-order valence-corrected chi connectivity index (χ4v) is 2.59. The number of ether oxygens (including phenoxy) is 2. The molecule has 1 aromatic rings. The lowest BCUT2D eigenvalue weighted by atomic mass is 10.1. The van der Waals surface area contributed by atoms with Crippen molar-refractivity contribution in [2.45, 2.75) is 50.9 Å². The van der Waals surface area contributed by atoms with Crippen molar-refractivity contribution in [2.75, 3.05) is 19.8 Å². The molecule has 0 radical (unpaired) electrons. The van der Waals surface area contributed by atoms with Crippen molar-refractivity contribution in [3.8, 4) is 0 Å². The minimum Gasteiger partial charge on any atom is -0.376 e. The molecule has 1 heterocycles. The zero-order chi connectivity index (χ0) is 13.6. The van der Waals surface area contributed by atoms with Gasteiger partial charge in [-0.25, -0.2) is 0 Å². The van der Waals surface area contributed by atoms with E-state index < -0.39 is 0 Å². The molecule has 110 valence electrons. The minimum atomic E-state index is 0.322. The summed E-state index contributed by atoms with van der Waals surface area (Å²) in [6, 6.07) is 9.61. The van der Waals surface area contributed by atoms with E-state index in [9.17, 15) is 0 Å². The number of hydrogen-bond acceptors (Lipinski definition) is 3. The molecule has 3 nitrogen and oxygen atoms in total. The predicted molar refractivity (Wildman–Crippen MR) is 79.8 cm³/mol. The molecule has 1 unspecified atom stereocenters. The van der Waals surface area contributed by atoms with E-state index in [4.69, 9.17) is 9.47 Å². The van der Waals surface area contributed by atoms with Crippen LogP contribution in [0.5, 0.6) is 0 Å². The minimum absolute atomic E-state index is 0.322. The molecule has 20 heavy (non-hydrogen) atoms. The highest BCUT2D eigenvalue weighted by Gasteiger charge is 2.19. The lowest BCUT2D eigenvalue weighted by molar-refractivity contribution is 0.0106. The van der Waals surface area contributed by atoms with Gasteiger partial charge in [0.2, 0.25) is 0 Å². The highest BCUT2D eigenvalue weighted by atomic mass is 16.5. The third kappa shape index (κ3) is 4.58. The summed E-state index contributed by atoms with van der Waals surface area (Å²) >= 11 is 0. The van der Waals surface area contributed by atoms with Crippen LogP contribution in [0.15, 0.2) is 24.3 Å². The van der Waals surface area contributed by atoms with Gasteiger partial charge in [-0.05, 0) is 49.8 Å². The molecule has 2 aliphatic rings. The van der Waals surface area contributed by atoms with Gasteiger partial charge in [0.1, 0.15) is 0 Å². The van der Waals surface area contributed by atoms with Crippen LogP contribution < -0.4 is 5.32 Å². The molecule has 0 amide bonds. The first-order valence-electron chi connectivity index (χ1n) is 7.91. The van der Waals surface area contributed by atoms with Crippen LogP contribution >= 0.6 is 0 Å². The molecule has 0 aromatic heterocycles. The van der Waals surface area contributed by atoms with Crippen molar-refractivity contribution in [2.24, 2.45) is 0 Å². The van der Waals surface area contributed by atoms with Crippen LogP contribution in [0.25, 0.3) is 0 Å². The van der Waals surface area contributed by atoms with E-state index in [2.05, 4.69) is 29.6 Å². The van der Waals surface area contributed by atoms with Crippen LogP contribution in [-0.4, -0.2) is 31.9 Å². The first-order valence-corrected chi connectivity index (χ1v) is 7.91. The van der Waals surface area contributed by atoms with Crippen molar-refractivity contribution in [1.82, 2.24) is 5.32 Å². The maximum atomic E-state index is 5.73. The molecule has 1 N–H and O–H groups in total. The normalized spacial score (nSPS) is 22.3. The standard InChI is InChI=1S/C17H25NO2/c1-2-17(20-11-1)13-19-12-15-5-3-14(4-6-15)9-10-18-16-7-8-16/h3-6,16-18H,1-2,7-13H2. The van der Waals surface area contributed by atoms with Crippen molar-refractivity contribution < 1.29 is 9.47 Å². The monoisotopic (exact) mass is 275 g/mol. The topological polar surface area (TPSA) is 30.5 Å². The van der Waals surface area contributed by atoms with Crippen molar-refractivity contribution in [3.05, 3.63) is 35.4 Å². The molecule has 1 saturated carbocycles. The highest BCUT2D eigenvalue weighted by molar-refractivity contribution is 5.22. The summed E-state index contributed by atoms with van der Waals surface area (Å²) in [6.07, 6.45) is 6.49. The molecular weight excluding hydrogens is 250 g/mol. The van der Waals surface area contributed by atoms with Gasteiger partial charge in [0.15, 0.2) is 0 Å². The van der Waals surface area contributed by atoms with Crippen LogP contribution in [0.1, 0.15) is 36.8 Å². The Kier molecular flexibility index (Phi) is 5.06. The SMILES string of the molecule is c1cc(COCC2CCCO2)ccc1CCNC1CC1. The van der Waals surface area contributed by atoms with Crippen molar-refractivity contribution >= 4 is 0 Å². The van der Waals surface area contributed by atoms with Gasteiger partial charge in [-0.3, -0.25) is 0 Å². The molecule has 1 saturated heterocycles. The molecule has 0 spiro atoms. The quantitative estimate of drug-likeness (QED) is 0.791. The van der Waals surface area contributed by atoms with Gasteiger partial charge >= 0.3 is 0 Å². The van der Waals surface area contributed by atoms with E-state index >= 15 is 0 Å². The van der Waals surface area contributed by atoms with Crippen LogP contribution in [0.2, 0.25) is 0 Å². The van der Waals surface area contributed by atoms with Crippen LogP contribution in [0, 0.1) is 0 Å². The fraction of sp³-hybridized carbons (Fsp3) is 0.647. The molecule has 3 rings (SSSR count). The van der Waals surface area contributed by atoms with Crippen LogP contribution in [-0.2, 0) is 22.5 Å².